The van der Waals surface area contributed by atoms with E-state index in [0.717, 1.165) is 6.07 Å². The Kier molecular flexibility index (Phi) is 8.05. The molecule has 2 aromatic heterocycles. The van der Waals surface area contributed by atoms with Gasteiger partial charge in [-0.2, -0.15) is 13.2 Å². The molecule has 1 saturated heterocycles. The molecule has 0 bridgehead atoms. The molecular formula is C24H29F3N6O7S. The van der Waals surface area contributed by atoms with Gasteiger partial charge in [-0.15, -0.1) is 0 Å². The molecule has 2 aromatic rings. The highest BCUT2D eigenvalue weighted by atomic mass is 32.2. The highest BCUT2D eigenvalue weighted by Crippen LogP contribution is 2.32. The van der Waals surface area contributed by atoms with Gasteiger partial charge in [-0.05, 0) is 18.9 Å². The predicted octanol–water partition coefficient (Wildman–Crippen LogP) is 2.62. The van der Waals surface area contributed by atoms with Gasteiger partial charge in [0.05, 0.1) is 29.6 Å². The average molecular weight is 603 g/mol. The summed E-state index contributed by atoms with van der Waals surface area (Å²) in [6.07, 6.45) is -4.57. The van der Waals surface area contributed by atoms with Gasteiger partial charge >= 0.3 is 18.2 Å². The maximum absolute atomic E-state index is 13.2. The van der Waals surface area contributed by atoms with Crippen molar-refractivity contribution in [2.24, 2.45) is 10.6 Å². The van der Waals surface area contributed by atoms with Crippen LogP contribution in [0.3, 0.4) is 0 Å². The monoisotopic (exact) mass is 602 g/mol. The van der Waals surface area contributed by atoms with E-state index in [2.05, 4.69) is 15.3 Å². The molecule has 2 aliphatic rings. The fourth-order valence-corrected chi connectivity index (χ4v) is 5.05. The number of piperidine rings is 1. The number of fused-ring (bicyclic) bond motifs is 1. The van der Waals surface area contributed by atoms with E-state index < -0.39 is 56.9 Å². The standard InChI is InChI=1S/C24H29F3N6O7S/c1-23(2,3)21(35)31-15-8-13(24(25,26)27)9-29-17(15)12-39-22(36)33-10-16-18(11-33)40-19(30-16)20(34)32-6-4-14(5-7-32)41(28,37)38/h8-9,14H,4-7,10-12H2,1-3H3,(H,31,35)(H2,28,37,38). The SMILES string of the molecule is CC(C)(C)C(=O)Nc1cc(C(F)(F)F)cnc1COC(=O)N1Cc2nc(C(=O)N3CCC(S(N)(=O)=O)CC3)oc2C1. The maximum atomic E-state index is 13.2. The van der Waals surface area contributed by atoms with Gasteiger partial charge in [-0.25, -0.2) is 23.3 Å². The fourth-order valence-electron chi connectivity index (χ4n) is 4.19. The minimum atomic E-state index is -4.70. The molecule has 3 amide bonds. The normalized spacial score (nSPS) is 16.5. The first-order chi connectivity index (χ1) is 18.9. The quantitative estimate of drug-likeness (QED) is 0.521. The van der Waals surface area contributed by atoms with E-state index in [9.17, 15) is 36.0 Å². The Morgan fingerprint density at radius 1 is 1.15 bits per heavy atom. The second-order valence-electron chi connectivity index (χ2n) is 10.8. The van der Waals surface area contributed by atoms with Gasteiger partial charge in [0.25, 0.3) is 5.89 Å². The third kappa shape index (κ3) is 6.95. The first-order valence-corrected chi connectivity index (χ1v) is 14.1. The van der Waals surface area contributed by atoms with Crippen molar-refractivity contribution >= 4 is 33.6 Å². The first-order valence-electron chi connectivity index (χ1n) is 12.5. The molecule has 2 aliphatic heterocycles. The summed E-state index contributed by atoms with van der Waals surface area (Å²) >= 11 is 0. The topological polar surface area (TPSA) is 178 Å². The number of pyridine rings is 1. The lowest BCUT2D eigenvalue weighted by molar-refractivity contribution is -0.137. The lowest BCUT2D eigenvalue weighted by atomic mass is 9.95. The van der Waals surface area contributed by atoms with Crippen LogP contribution in [0.5, 0.6) is 0 Å². The Morgan fingerprint density at radius 2 is 1.80 bits per heavy atom. The number of ether oxygens (including phenoxy) is 1. The molecule has 17 heteroatoms. The molecule has 0 radical (unpaired) electrons. The summed E-state index contributed by atoms with van der Waals surface area (Å²) < 4.78 is 73.5. The third-order valence-corrected chi connectivity index (χ3v) is 8.05. The number of amides is 3. The number of alkyl halides is 3. The summed E-state index contributed by atoms with van der Waals surface area (Å²) in [6, 6.07) is 0.726. The number of halogens is 3. The molecular weight excluding hydrogens is 573 g/mol. The van der Waals surface area contributed by atoms with Crippen LogP contribution in [0.1, 0.15) is 67.0 Å². The Balaban J connectivity index is 1.37. The van der Waals surface area contributed by atoms with Crippen LogP contribution in [0, 0.1) is 5.41 Å². The first kappa shape index (κ1) is 30.2. The number of oxazole rings is 1. The predicted molar refractivity (Wildman–Crippen MR) is 135 cm³/mol. The van der Waals surface area contributed by atoms with Gasteiger partial charge in [0.2, 0.25) is 15.9 Å². The zero-order valence-electron chi connectivity index (χ0n) is 22.4. The highest BCUT2D eigenvalue weighted by molar-refractivity contribution is 7.89. The second kappa shape index (κ2) is 10.9. The van der Waals surface area contributed by atoms with Crippen molar-refractivity contribution in [1.82, 2.24) is 19.8 Å². The number of hydrogen-bond donors (Lipinski definition) is 2. The van der Waals surface area contributed by atoms with Crippen LogP contribution in [0.15, 0.2) is 16.7 Å². The molecule has 4 heterocycles. The third-order valence-electron chi connectivity index (χ3n) is 6.65. The molecule has 0 unspecified atom stereocenters. The molecule has 4 rings (SSSR count). The van der Waals surface area contributed by atoms with Crippen molar-refractivity contribution in [2.45, 2.75) is 64.7 Å². The number of nitrogens with one attached hydrogen (secondary N) is 1. The van der Waals surface area contributed by atoms with Gasteiger partial charge in [0, 0.05) is 24.7 Å². The van der Waals surface area contributed by atoms with Crippen LogP contribution >= 0.6 is 0 Å². The van der Waals surface area contributed by atoms with Crippen LogP contribution in [0.4, 0.5) is 23.7 Å². The number of hydrogen-bond acceptors (Lipinski definition) is 9. The number of carbonyl (C=O) groups excluding carboxylic acids is 3. The zero-order chi connectivity index (χ0) is 30.3. The number of sulfonamides is 1. The lowest BCUT2D eigenvalue weighted by Gasteiger charge is -2.29. The average Bonchev–Trinajstić information content (AvgIpc) is 3.45. The summed E-state index contributed by atoms with van der Waals surface area (Å²) in [6.45, 7) is 4.44. The minimum Gasteiger partial charge on any atom is -0.443 e. The van der Waals surface area contributed by atoms with Crippen molar-refractivity contribution in [1.29, 1.82) is 0 Å². The molecule has 0 aliphatic carbocycles. The number of primary sulfonamides is 1. The van der Waals surface area contributed by atoms with Crippen LogP contribution < -0.4 is 10.5 Å². The molecule has 13 nitrogen and oxygen atoms in total. The molecule has 41 heavy (non-hydrogen) atoms. The minimum absolute atomic E-state index is 0.0491. The Hall–Kier alpha value is -3.73. The smallest absolute Gasteiger partial charge is 0.417 e. The summed E-state index contributed by atoms with van der Waals surface area (Å²) in [5.74, 6) is -0.999. The Morgan fingerprint density at radius 3 is 2.37 bits per heavy atom. The zero-order valence-corrected chi connectivity index (χ0v) is 23.3. The molecule has 0 aromatic carbocycles. The molecule has 0 atom stereocenters. The van der Waals surface area contributed by atoms with Crippen molar-refractivity contribution in [3.63, 3.8) is 0 Å². The molecule has 3 N–H and O–H groups in total. The Bertz CT molecular complexity index is 1440. The van der Waals surface area contributed by atoms with Gasteiger partial charge in [0.15, 0.2) is 0 Å². The van der Waals surface area contributed by atoms with E-state index in [-0.39, 0.29) is 62.1 Å². The van der Waals surface area contributed by atoms with Gasteiger partial charge < -0.3 is 19.4 Å². The largest absolute Gasteiger partial charge is 0.443 e. The lowest BCUT2D eigenvalue weighted by Crippen LogP contribution is -2.44. The van der Waals surface area contributed by atoms with Gasteiger partial charge in [-0.3, -0.25) is 19.5 Å². The van der Waals surface area contributed by atoms with Crippen LogP contribution in [0.25, 0.3) is 0 Å². The van der Waals surface area contributed by atoms with Gasteiger partial charge in [-0.1, -0.05) is 20.8 Å². The van der Waals surface area contributed by atoms with Crippen molar-refractivity contribution in [3.05, 3.63) is 40.9 Å². The number of anilines is 1. The fraction of sp³-hybridized carbons (Fsp3) is 0.542. The van der Waals surface area contributed by atoms with E-state index in [1.54, 1.807) is 20.8 Å². The van der Waals surface area contributed by atoms with Crippen LogP contribution in [0.2, 0.25) is 0 Å². The summed E-state index contributed by atoms with van der Waals surface area (Å²) in [5.41, 5.74) is -1.98. The maximum Gasteiger partial charge on any atom is 0.417 e. The van der Waals surface area contributed by atoms with E-state index in [1.165, 1.54) is 9.80 Å². The number of carbonyl (C=O) groups is 3. The van der Waals surface area contributed by atoms with Crippen LogP contribution in [-0.2, 0) is 45.4 Å². The van der Waals surface area contributed by atoms with Crippen molar-refractivity contribution < 1.29 is 45.1 Å². The molecule has 224 valence electrons. The number of nitrogens with two attached hydrogens (primary N) is 1. The number of rotatable bonds is 5. The van der Waals surface area contributed by atoms with Gasteiger partial charge in [0.1, 0.15) is 23.8 Å². The number of likely N-dealkylation sites (tertiary alicyclic amines) is 1. The number of aromatic nitrogens is 2. The summed E-state index contributed by atoms with van der Waals surface area (Å²) in [5, 5.41) is 6.88. The Labute approximate surface area is 233 Å². The molecule has 1 fully saturated rings. The highest BCUT2D eigenvalue weighted by Gasteiger charge is 2.36. The van der Waals surface area contributed by atoms with E-state index in [0.29, 0.717) is 11.9 Å². The van der Waals surface area contributed by atoms with E-state index in [1.807, 2.05) is 0 Å². The van der Waals surface area contributed by atoms with Crippen molar-refractivity contribution in [2.75, 3.05) is 18.4 Å². The number of nitrogens with zero attached hydrogens (tertiary/aromatic N) is 4. The van der Waals surface area contributed by atoms with E-state index in [4.69, 9.17) is 14.3 Å². The summed E-state index contributed by atoms with van der Waals surface area (Å²) in [4.78, 5) is 48.4. The van der Waals surface area contributed by atoms with E-state index >= 15 is 0 Å². The van der Waals surface area contributed by atoms with Crippen molar-refractivity contribution in [3.8, 4) is 0 Å². The second-order valence-corrected chi connectivity index (χ2v) is 12.6. The van der Waals surface area contributed by atoms with Crippen LogP contribution in [-0.4, -0.2) is 64.4 Å². The molecule has 0 spiro atoms. The summed E-state index contributed by atoms with van der Waals surface area (Å²) in [7, 11) is -3.69. The molecule has 0 saturated carbocycles.